The third-order valence-corrected chi connectivity index (χ3v) is 4.78. The van der Waals surface area contributed by atoms with Crippen LogP contribution in [-0.2, 0) is 20.9 Å². The number of nitrogens with zero attached hydrogens (tertiary/aromatic N) is 1. The van der Waals surface area contributed by atoms with Gasteiger partial charge in [0, 0.05) is 19.5 Å². The van der Waals surface area contributed by atoms with Crippen LogP contribution in [0.15, 0.2) is 30.3 Å². The van der Waals surface area contributed by atoms with Crippen molar-refractivity contribution in [3.05, 3.63) is 35.9 Å². The molecule has 0 bridgehead atoms. The molecule has 1 saturated carbocycles. The van der Waals surface area contributed by atoms with E-state index in [1.165, 1.54) is 0 Å². The molecule has 0 aromatic heterocycles. The molecule has 2 N–H and O–H groups in total. The number of carboxylic acid groups (broad SMARTS) is 1. The van der Waals surface area contributed by atoms with Gasteiger partial charge in [-0.1, -0.05) is 30.3 Å². The Balaban J connectivity index is 1.61. The Morgan fingerprint density at radius 1 is 1.26 bits per heavy atom. The van der Waals surface area contributed by atoms with E-state index in [1.54, 1.807) is 4.90 Å². The quantitative estimate of drug-likeness (QED) is 0.853. The first-order valence-electron chi connectivity index (χ1n) is 7.87. The Bertz CT molecular complexity index is 625. The average molecular weight is 316 g/mol. The van der Waals surface area contributed by atoms with Crippen molar-refractivity contribution in [2.75, 3.05) is 6.54 Å². The number of nitrogens with one attached hydrogen (secondary N) is 1. The second kappa shape index (κ2) is 6.02. The Hall–Kier alpha value is -2.37. The van der Waals surface area contributed by atoms with Crippen LogP contribution in [0.3, 0.4) is 0 Å². The maximum atomic E-state index is 12.3. The van der Waals surface area contributed by atoms with E-state index in [2.05, 4.69) is 5.32 Å². The monoisotopic (exact) mass is 316 g/mol. The summed E-state index contributed by atoms with van der Waals surface area (Å²) in [5.41, 5.74) is -0.101. The lowest BCUT2D eigenvalue weighted by Gasteiger charge is -2.38. The summed E-state index contributed by atoms with van der Waals surface area (Å²) in [6.45, 7) is 0.822. The molecule has 23 heavy (non-hydrogen) atoms. The largest absolute Gasteiger partial charge is 0.480 e. The minimum absolute atomic E-state index is 0.0630. The number of likely N-dealkylation sites (tertiary alicyclic amines) is 1. The van der Waals surface area contributed by atoms with E-state index >= 15 is 0 Å². The standard InChI is InChI=1S/C17H20N2O4/c20-14-9-13(11-19(14)10-12-5-2-1-3-6-12)15(21)18-17(16(22)23)7-4-8-17/h1-3,5-6,13H,4,7-11H2,(H,18,21)(H,22,23)/t13-/m1/s1. The van der Waals surface area contributed by atoms with Gasteiger partial charge in [0.25, 0.3) is 0 Å². The van der Waals surface area contributed by atoms with E-state index in [0.29, 0.717) is 25.9 Å². The molecule has 122 valence electrons. The van der Waals surface area contributed by atoms with Gasteiger partial charge in [-0.05, 0) is 24.8 Å². The molecule has 1 aliphatic heterocycles. The smallest absolute Gasteiger partial charge is 0.329 e. The van der Waals surface area contributed by atoms with Crippen molar-refractivity contribution < 1.29 is 19.5 Å². The van der Waals surface area contributed by atoms with Gasteiger partial charge < -0.3 is 15.3 Å². The highest BCUT2D eigenvalue weighted by atomic mass is 16.4. The number of carbonyl (C=O) groups excluding carboxylic acids is 2. The molecule has 1 aromatic carbocycles. The first-order valence-corrected chi connectivity index (χ1v) is 7.87. The molecule has 3 rings (SSSR count). The number of aliphatic carboxylic acids is 1. The van der Waals surface area contributed by atoms with Gasteiger partial charge in [0.1, 0.15) is 5.54 Å². The summed E-state index contributed by atoms with van der Waals surface area (Å²) in [6, 6.07) is 9.61. The Morgan fingerprint density at radius 3 is 2.52 bits per heavy atom. The maximum absolute atomic E-state index is 12.3. The average Bonchev–Trinajstić information content (AvgIpc) is 2.85. The van der Waals surface area contributed by atoms with Crippen molar-refractivity contribution in [1.82, 2.24) is 10.2 Å². The summed E-state index contributed by atoms with van der Waals surface area (Å²) in [7, 11) is 0. The molecule has 6 heteroatoms. The molecule has 1 aliphatic carbocycles. The van der Waals surface area contributed by atoms with Crippen molar-refractivity contribution in [1.29, 1.82) is 0 Å². The molecule has 2 amide bonds. The highest BCUT2D eigenvalue weighted by molar-refractivity contribution is 5.93. The maximum Gasteiger partial charge on any atom is 0.329 e. The van der Waals surface area contributed by atoms with Crippen LogP contribution < -0.4 is 5.32 Å². The van der Waals surface area contributed by atoms with Crippen molar-refractivity contribution in [3.8, 4) is 0 Å². The van der Waals surface area contributed by atoms with Gasteiger partial charge in [-0.25, -0.2) is 4.79 Å². The highest BCUT2D eigenvalue weighted by Gasteiger charge is 2.47. The van der Waals surface area contributed by atoms with Crippen LogP contribution >= 0.6 is 0 Å². The van der Waals surface area contributed by atoms with Gasteiger partial charge in [0.05, 0.1) is 5.92 Å². The van der Waals surface area contributed by atoms with Crippen LogP contribution in [-0.4, -0.2) is 39.9 Å². The molecule has 1 aromatic rings. The number of hydrogen-bond acceptors (Lipinski definition) is 3. The van der Waals surface area contributed by atoms with Gasteiger partial charge in [0.15, 0.2) is 0 Å². The normalized spacial score (nSPS) is 22.5. The SMILES string of the molecule is O=C(NC1(C(=O)O)CCC1)[C@@H]1CC(=O)N(Cc2ccccc2)C1. The van der Waals surface area contributed by atoms with Crippen molar-refractivity contribution in [2.45, 2.75) is 37.8 Å². The van der Waals surface area contributed by atoms with E-state index in [4.69, 9.17) is 0 Å². The summed E-state index contributed by atoms with van der Waals surface area (Å²) in [5, 5.41) is 11.9. The lowest BCUT2D eigenvalue weighted by molar-refractivity contribution is -0.152. The number of hydrogen-bond donors (Lipinski definition) is 2. The molecule has 0 radical (unpaired) electrons. The van der Waals surface area contributed by atoms with E-state index in [0.717, 1.165) is 12.0 Å². The van der Waals surface area contributed by atoms with Crippen LogP contribution in [0.1, 0.15) is 31.2 Å². The van der Waals surface area contributed by atoms with Crippen LogP contribution in [0.25, 0.3) is 0 Å². The van der Waals surface area contributed by atoms with Gasteiger partial charge in [-0.15, -0.1) is 0 Å². The lowest BCUT2D eigenvalue weighted by Crippen LogP contribution is -2.60. The van der Waals surface area contributed by atoms with Crippen molar-refractivity contribution in [2.24, 2.45) is 5.92 Å². The topological polar surface area (TPSA) is 86.7 Å². The lowest BCUT2D eigenvalue weighted by atomic mass is 9.76. The van der Waals surface area contributed by atoms with Crippen LogP contribution in [0.2, 0.25) is 0 Å². The fourth-order valence-electron chi connectivity index (χ4n) is 3.16. The molecule has 2 aliphatic rings. The predicted molar refractivity (Wildman–Crippen MR) is 82.3 cm³/mol. The van der Waals surface area contributed by atoms with Gasteiger partial charge >= 0.3 is 5.97 Å². The third kappa shape index (κ3) is 3.06. The summed E-state index contributed by atoms with van der Waals surface area (Å²) >= 11 is 0. The fourth-order valence-corrected chi connectivity index (χ4v) is 3.16. The molecule has 0 unspecified atom stereocenters. The molecular formula is C17H20N2O4. The van der Waals surface area contributed by atoms with Crippen LogP contribution in [0, 0.1) is 5.92 Å². The third-order valence-electron chi connectivity index (χ3n) is 4.78. The number of carbonyl (C=O) groups is 3. The number of benzene rings is 1. The van der Waals surface area contributed by atoms with Crippen molar-refractivity contribution in [3.63, 3.8) is 0 Å². The van der Waals surface area contributed by atoms with E-state index in [9.17, 15) is 19.5 Å². The minimum Gasteiger partial charge on any atom is -0.480 e. The summed E-state index contributed by atoms with van der Waals surface area (Å²) < 4.78 is 0. The molecule has 1 atom stereocenters. The molecule has 0 spiro atoms. The molecule has 1 saturated heterocycles. The highest BCUT2D eigenvalue weighted by Crippen LogP contribution is 2.33. The van der Waals surface area contributed by atoms with Gasteiger partial charge in [0.2, 0.25) is 11.8 Å². The Kier molecular flexibility index (Phi) is 4.07. The fraction of sp³-hybridized carbons (Fsp3) is 0.471. The number of amides is 2. The van der Waals surface area contributed by atoms with Crippen LogP contribution in [0.5, 0.6) is 0 Å². The van der Waals surface area contributed by atoms with Crippen molar-refractivity contribution >= 4 is 17.8 Å². The molecule has 2 fully saturated rings. The second-order valence-electron chi connectivity index (χ2n) is 6.39. The van der Waals surface area contributed by atoms with E-state index in [-0.39, 0.29) is 18.2 Å². The van der Waals surface area contributed by atoms with Gasteiger partial charge in [-0.3, -0.25) is 9.59 Å². The summed E-state index contributed by atoms with van der Waals surface area (Å²) in [5.74, 6) is -1.84. The predicted octanol–water partition coefficient (Wildman–Crippen LogP) is 1.16. The summed E-state index contributed by atoms with van der Waals surface area (Å²) in [6.07, 6.45) is 1.87. The molecular weight excluding hydrogens is 296 g/mol. The molecule has 6 nitrogen and oxygen atoms in total. The zero-order valence-electron chi connectivity index (χ0n) is 12.8. The Morgan fingerprint density at radius 2 is 1.96 bits per heavy atom. The minimum atomic E-state index is -1.12. The number of rotatable bonds is 5. The molecule has 1 heterocycles. The first kappa shape index (κ1) is 15.5. The first-order chi connectivity index (χ1) is 11.0. The van der Waals surface area contributed by atoms with Gasteiger partial charge in [-0.2, -0.15) is 0 Å². The van der Waals surface area contributed by atoms with E-state index < -0.39 is 17.4 Å². The summed E-state index contributed by atoms with van der Waals surface area (Å²) in [4.78, 5) is 37.4. The zero-order valence-corrected chi connectivity index (χ0v) is 12.8. The number of carboxylic acids is 1. The van der Waals surface area contributed by atoms with Crippen LogP contribution in [0.4, 0.5) is 0 Å². The zero-order chi connectivity index (χ0) is 16.4. The van der Waals surface area contributed by atoms with E-state index in [1.807, 2.05) is 30.3 Å². The second-order valence-corrected chi connectivity index (χ2v) is 6.39. The Labute approximate surface area is 134 Å².